The van der Waals surface area contributed by atoms with Crippen LogP contribution in [0.15, 0.2) is 35.3 Å². The molecule has 0 aliphatic heterocycles. The molecule has 0 aliphatic carbocycles. The van der Waals surface area contributed by atoms with Crippen molar-refractivity contribution in [2.45, 2.75) is 58.5 Å². The monoisotopic (exact) mass is 289 g/mol. The molecule has 2 rings (SSSR count). The van der Waals surface area contributed by atoms with Crippen LogP contribution in [0, 0.1) is 6.92 Å². The van der Waals surface area contributed by atoms with Crippen LogP contribution < -0.4 is 5.32 Å². The van der Waals surface area contributed by atoms with Crippen molar-refractivity contribution < 1.29 is 4.42 Å². The maximum absolute atomic E-state index is 5.79. The highest BCUT2D eigenvalue weighted by atomic mass is 16.3. The number of nitrogens with one attached hydrogen (secondary N) is 1. The predicted molar refractivity (Wildman–Crippen MR) is 85.4 cm³/mol. The maximum Gasteiger partial charge on any atom is 0.109 e. The number of aromatic nitrogens is 2. The van der Waals surface area contributed by atoms with Crippen molar-refractivity contribution in [3.05, 3.63) is 42.4 Å². The summed E-state index contributed by atoms with van der Waals surface area (Å²) in [6.07, 6.45) is 7.87. The van der Waals surface area contributed by atoms with E-state index in [1.54, 1.807) is 0 Å². The quantitative estimate of drug-likeness (QED) is 0.756. The summed E-state index contributed by atoms with van der Waals surface area (Å²) in [6.45, 7) is 10.8. The molecule has 0 bridgehead atoms. The Kier molecular flexibility index (Phi) is 5.23. The van der Waals surface area contributed by atoms with Crippen LogP contribution in [0.25, 0.3) is 0 Å². The highest BCUT2D eigenvalue weighted by molar-refractivity contribution is 5.15. The molecule has 0 saturated carbocycles. The van der Waals surface area contributed by atoms with Gasteiger partial charge < -0.3 is 14.3 Å². The van der Waals surface area contributed by atoms with E-state index in [0.717, 1.165) is 37.5 Å². The van der Waals surface area contributed by atoms with Gasteiger partial charge in [0.2, 0.25) is 0 Å². The molecule has 0 aromatic carbocycles. The lowest BCUT2D eigenvalue weighted by molar-refractivity contribution is 0.318. The Morgan fingerprint density at radius 1 is 1.38 bits per heavy atom. The summed E-state index contributed by atoms with van der Waals surface area (Å²) in [5.74, 6) is 2.06. The standard InChI is InChI=1S/C17H27N3O/c1-14(19-8-5-10-20-11-9-18-13-20)12-17(3,4)16-7-6-15(2)21-16/h6-7,9,11,13-14,19H,5,8,10,12H2,1-4H3/t14-/m0/s1. The fourth-order valence-corrected chi connectivity index (χ4v) is 2.77. The van der Waals surface area contributed by atoms with E-state index in [1.165, 1.54) is 0 Å². The number of nitrogens with zero attached hydrogens (tertiary/aromatic N) is 2. The minimum Gasteiger partial charge on any atom is -0.466 e. The predicted octanol–water partition coefficient (Wildman–Crippen LogP) is 3.52. The normalized spacial score (nSPS) is 13.5. The van der Waals surface area contributed by atoms with Gasteiger partial charge in [-0.1, -0.05) is 13.8 Å². The lowest BCUT2D eigenvalue weighted by Crippen LogP contribution is -2.34. The molecule has 1 N–H and O–H groups in total. The van der Waals surface area contributed by atoms with Gasteiger partial charge in [0.25, 0.3) is 0 Å². The van der Waals surface area contributed by atoms with Gasteiger partial charge in [-0.25, -0.2) is 4.98 Å². The molecule has 116 valence electrons. The van der Waals surface area contributed by atoms with E-state index in [1.807, 2.05) is 31.7 Å². The van der Waals surface area contributed by atoms with Crippen molar-refractivity contribution in [1.82, 2.24) is 14.9 Å². The fourth-order valence-electron chi connectivity index (χ4n) is 2.77. The summed E-state index contributed by atoms with van der Waals surface area (Å²) in [4.78, 5) is 4.05. The van der Waals surface area contributed by atoms with Crippen LogP contribution in [-0.4, -0.2) is 22.1 Å². The molecule has 2 aromatic heterocycles. The van der Waals surface area contributed by atoms with Crippen LogP contribution in [0.3, 0.4) is 0 Å². The molecule has 0 aliphatic rings. The second-order valence-corrected chi connectivity index (χ2v) is 6.51. The van der Waals surface area contributed by atoms with Crippen LogP contribution >= 0.6 is 0 Å². The van der Waals surface area contributed by atoms with Crippen LogP contribution in [0.1, 0.15) is 45.1 Å². The first kappa shape index (κ1) is 15.8. The van der Waals surface area contributed by atoms with Crippen molar-refractivity contribution in [2.24, 2.45) is 0 Å². The number of imidazole rings is 1. The Labute approximate surface area is 127 Å². The SMILES string of the molecule is Cc1ccc(C(C)(C)C[C@H](C)NCCCn2ccnc2)o1. The molecular weight excluding hydrogens is 262 g/mol. The van der Waals surface area contributed by atoms with Gasteiger partial charge in [-0.2, -0.15) is 0 Å². The Hall–Kier alpha value is -1.55. The second-order valence-electron chi connectivity index (χ2n) is 6.51. The molecule has 0 radical (unpaired) electrons. The molecule has 2 aromatic rings. The Morgan fingerprint density at radius 3 is 2.81 bits per heavy atom. The fraction of sp³-hybridized carbons (Fsp3) is 0.588. The molecule has 21 heavy (non-hydrogen) atoms. The zero-order valence-electron chi connectivity index (χ0n) is 13.6. The van der Waals surface area contributed by atoms with Crippen molar-refractivity contribution in [2.75, 3.05) is 6.54 Å². The molecule has 2 heterocycles. The van der Waals surface area contributed by atoms with Gasteiger partial charge in [0, 0.05) is 30.4 Å². The Balaban J connectivity index is 1.72. The third-order valence-corrected chi connectivity index (χ3v) is 3.87. The van der Waals surface area contributed by atoms with E-state index < -0.39 is 0 Å². The Morgan fingerprint density at radius 2 is 2.19 bits per heavy atom. The van der Waals surface area contributed by atoms with Gasteiger partial charge >= 0.3 is 0 Å². The van der Waals surface area contributed by atoms with Crippen LogP contribution in [0.2, 0.25) is 0 Å². The zero-order chi connectivity index (χ0) is 15.3. The summed E-state index contributed by atoms with van der Waals surface area (Å²) in [7, 11) is 0. The van der Waals surface area contributed by atoms with Gasteiger partial charge in [-0.05, 0) is 45.4 Å². The Bertz CT molecular complexity index is 528. The van der Waals surface area contributed by atoms with E-state index in [-0.39, 0.29) is 5.41 Å². The van der Waals surface area contributed by atoms with E-state index in [9.17, 15) is 0 Å². The number of hydrogen-bond acceptors (Lipinski definition) is 3. The summed E-state index contributed by atoms with van der Waals surface area (Å²) in [6, 6.07) is 4.61. The molecule has 4 nitrogen and oxygen atoms in total. The maximum atomic E-state index is 5.79. The van der Waals surface area contributed by atoms with Gasteiger partial charge in [0.15, 0.2) is 0 Å². The smallest absolute Gasteiger partial charge is 0.109 e. The van der Waals surface area contributed by atoms with Crippen molar-refractivity contribution in [3.8, 4) is 0 Å². The van der Waals surface area contributed by atoms with Crippen LogP contribution in [0.4, 0.5) is 0 Å². The summed E-state index contributed by atoms with van der Waals surface area (Å²) < 4.78 is 7.90. The van der Waals surface area contributed by atoms with E-state index >= 15 is 0 Å². The first-order valence-electron chi connectivity index (χ1n) is 7.73. The van der Waals surface area contributed by atoms with E-state index in [0.29, 0.717) is 6.04 Å². The molecule has 1 atom stereocenters. The minimum absolute atomic E-state index is 0.0605. The topological polar surface area (TPSA) is 43.0 Å². The number of hydrogen-bond donors (Lipinski definition) is 1. The highest BCUT2D eigenvalue weighted by Gasteiger charge is 2.26. The lowest BCUT2D eigenvalue weighted by Gasteiger charge is -2.26. The third-order valence-electron chi connectivity index (χ3n) is 3.87. The molecule has 0 unspecified atom stereocenters. The number of rotatable bonds is 8. The lowest BCUT2D eigenvalue weighted by atomic mass is 9.83. The van der Waals surface area contributed by atoms with Gasteiger partial charge in [-0.3, -0.25) is 0 Å². The first-order valence-corrected chi connectivity index (χ1v) is 7.73. The van der Waals surface area contributed by atoms with Crippen molar-refractivity contribution in [1.29, 1.82) is 0 Å². The van der Waals surface area contributed by atoms with Gasteiger partial charge in [-0.15, -0.1) is 0 Å². The number of furan rings is 1. The van der Waals surface area contributed by atoms with E-state index in [2.05, 4.69) is 41.7 Å². The van der Waals surface area contributed by atoms with Gasteiger partial charge in [0.1, 0.15) is 11.5 Å². The average Bonchev–Trinajstić information content (AvgIpc) is 3.05. The molecule has 0 amide bonds. The molecule has 0 fully saturated rings. The second kappa shape index (κ2) is 6.94. The minimum atomic E-state index is 0.0605. The van der Waals surface area contributed by atoms with Crippen molar-refractivity contribution >= 4 is 0 Å². The average molecular weight is 289 g/mol. The van der Waals surface area contributed by atoms with Crippen LogP contribution in [-0.2, 0) is 12.0 Å². The third kappa shape index (κ3) is 4.74. The molecule has 4 heteroatoms. The summed E-state index contributed by atoms with van der Waals surface area (Å²) in [5.41, 5.74) is 0.0605. The van der Waals surface area contributed by atoms with Crippen molar-refractivity contribution in [3.63, 3.8) is 0 Å². The first-order chi connectivity index (χ1) is 9.97. The molecule has 0 saturated heterocycles. The van der Waals surface area contributed by atoms with Crippen LogP contribution in [0.5, 0.6) is 0 Å². The molecular formula is C17H27N3O. The molecule has 0 spiro atoms. The largest absolute Gasteiger partial charge is 0.466 e. The highest BCUT2D eigenvalue weighted by Crippen LogP contribution is 2.29. The van der Waals surface area contributed by atoms with Gasteiger partial charge in [0.05, 0.1) is 6.33 Å². The summed E-state index contributed by atoms with van der Waals surface area (Å²) >= 11 is 0. The van der Waals surface area contributed by atoms with E-state index in [4.69, 9.17) is 4.42 Å². The number of aryl methyl sites for hydroxylation is 2. The zero-order valence-corrected chi connectivity index (χ0v) is 13.6. The summed E-state index contributed by atoms with van der Waals surface area (Å²) in [5, 5.41) is 3.60.